The average molecular weight is 914 g/mol. The molecule has 0 heterocycles. The number of rotatable bonds is 2. The Morgan fingerprint density at radius 1 is 1.28 bits per heavy atom. The van der Waals surface area contributed by atoms with Gasteiger partial charge in [-0.05, 0) is 6.29 Å². The number of halogens is 2. The first-order chi connectivity index (χ1) is 7.52. The molecule has 0 bridgehead atoms. The van der Waals surface area contributed by atoms with Crippen molar-refractivity contribution in [3.05, 3.63) is 29.7 Å². The second-order valence-electron chi connectivity index (χ2n) is 3.23. The molecule has 0 saturated carbocycles. The summed E-state index contributed by atoms with van der Waals surface area (Å²) in [5.74, 6) is 0. The van der Waals surface area contributed by atoms with Gasteiger partial charge in [-0.1, -0.05) is 49.2 Å². The number of hydrogen-bond donors (Lipinski definition) is 0. The third-order valence-electron chi connectivity index (χ3n) is 2.14. The van der Waals surface area contributed by atoms with Gasteiger partial charge in [0.25, 0.3) is 0 Å². The average Bonchev–Trinajstić information content (AvgIpc) is 2.30. The number of aldehydes is 1. The zero-order valence-corrected chi connectivity index (χ0v) is 22.4. The summed E-state index contributed by atoms with van der Waals surface area (Å²) in [4.78, 5) is 21.3. The van der Waals surface area contributed by atoms with E-state index in [1.165, 1.54) is 0 Å². The van der Waals surface area contributed by atoms with Crippen molar-refractivity contribution in [3.8, 4) is 0 Å². The SMILES string of the molecule is C/C(C=O)=c1/[c-]c/c(=C(/C)[C-]=O)c(I)c1I.[U].[U]. The van der Waals surface area contributed by atoms with Crippen molar-refractivity contribution in [1.82, 2.24) is 0 Å². The summed E-state index contributed by atoms with van der Waals surface area (Å²) in [5, 5.41) is 1.62. The Morgan fingerprint density at radius 2 is 1.83 bits per heavy atom. The summed E-state index contributed by atoms with van der Waals surface area (Å²) < 4.78 is 1.89. The maximum absolute atomic E-state index is 10.7. The van der Waals surface area contributed by atoms with Gasteiger partial charge in [-0.15, -0.1) is 27.8 Å². The van der Waals surface area contributed by atoms with E-state index in [1.54, 1.807) is 19.9 Å². The Morgan fingerprint density at radius 3 is 2.28 bits per heavy atom. The topological polar surface area (TPSA) is 34.1 Å². The van der Waals surface area contributed by atoms with Crippen LogP contribution in [-0.2, 0) is 9.59 Å². The molecule has 0 aliphatic rings. The number of hydrogen-bond acceptors (Lipinski definition) is 2. The van der Waals surface area contributed by atoms with Crippen molar-refractivity contribution in [1.29, 1.82) is 0 Å². The van der Waals surface area contributed by atoms with Gasteiger partial charge in [0.15, 0.2) is 0 Å². The fraction of sp³-hybridized carbons (Fsp3) is 0.167. The molecule has 1 aromatic rings. The van der Waals surface area contributed by atoms with Crippen LogP contribution in [-0.4, -0.2) is 12.6 Å². The van der Waals surface area contributed by atoms with Gasteiger partial charge in [0.2, 0.25) is 0 Å². The monoisotopic (exact) mass is 914 g/mol. The molecule has 92 valence electrons. The van der Waals surface area contributed by atoms with E-state index in [2.05, 4.69) is 51.2 Å². The van der Waals surface area contributed by atoms with E-state index in [0.29, 0.717) is 11.1 Å². The molecule has 0 spiro atoms. The Labute approximate surface area is 181 Å². The third kappa shape index (κ3) is 5.33. The van der Waals surface area contributed by atoms with Gasteiger partial charge in [-0.2, -0.15) is 22.9 Å². The van der Waals surface area contributed by atoms with Gasteiger partial charge in [-0.3, -0.25) is 0 Å². The van der Waals surface area contributed by atoms with Crippen LogP contribution in [0, 0.1) is 75.4 Å². The number of carbonyl (C=O) groups is 1. The zero-order chi connectivity index (χ0) is 12.3. The molecular weight excluding hydrogens is 906 g/mol. The summed E-state index contributed by atoms with van der Waals surface area (Å²) in [6, 6.07) is 4.76. The molecule has 6 heteroatoms. The largest absolute Gasteiger partial charge is 0.419 e. The molecule has 0 radical (unpaired) electrons. The van der Waals surface area contributed by atoms with Crippen LogP contribution in [0.2, 0.25) is 0 Å². The maximum atomic E-state index is 10.7. The Hall–Kier alpha value is 1.86. The van der Waals surface area contributed by atoms with Gasteiger partial charge in [-0.25, -0.2) is 0 Å². The molecule has 18 heavy (non-hydrogen) atoms. The van der Waals surface area contributed by atoms with Crippen LogP contribution in [0.3, 0.4) is 0 Å². The van der Waals surface area contributed by atoms with Crippen molar-refractivity contribution < 1.29 is 71.8 Å². The van der Waals surface area contributed by atoms with Crippen molar-refractivity contribution >= 4 is 68.9 Å². The van der Waals surface area contributed by atoms with E-state index in [4.69, 9.17) is 0 Å². The second kappa shape index (κ2) is 10.6. The third-order valence-corrected chi connectivity index (χ3v) is 5.37. The van der Waals surface area contributed by atoms with Crippen LogP contribution in [0.5, 0.6) is 0 Å². The molecule has 0 aliphatic heterocycles. The fourth-order valence-corrected chi connectivity index (χ4v) is 2.87. The molecule has 0 N–H and O–H groups in total. The van der Waals surface area contributed by atoms with Crippen LogP contribution < -0.4 is 10.4 Å². The second-order valence-corrected chi connectivity index (χ2v) is 5.39. The number of carbonyl (C=O) groups excluding carboxylic acids is 2. The van der Waals surface area contributed by atoms with E-state index in [1.807, 2.05) is 6.29 Å². The van der Waals surface area contributed by atoms with E-state index < -0.39 is 0 Å². The molecule has 0 fully saturated rings. The molecule has 1 aromatic carbocycles. The van der Waals surface area contributed by atoms with Crippen molar-refractivity contribution in [2.45, 2.75) is 13.8 Å². The van der Waals surface area contributed by atoms with Gasteiger partial charge in [0, 0.05) is 62.2 Å². The number of benzene rings is 1. The van der Waals surface area contributed by atoms with E-state index >= 15 is 0 Å². The van der Waals surface area contributed by atoms with Crippen molar-refractivity contribution in [3.63, 3.8) is 0 Å². The van der Waals surface area contributed by atoms with E-state index in [9.17, 15) is 9.59 Å². The quantitative estimate of drug-likeness (QED) is 0.256. The zero-order valence-electron chi connectivity index (χ0n) is 9.73. The van der Waals surface area contributed by atoms with Gasteiger partial charge in [0.1, 0.15) is 6.29 Å². The predicted molar refractivity (Wildman–Crippen MR) is 79.9 cm³/mol. The molecule has 0 atom stereocenters. The first-order valence-corrected chi connectivity index (χ1v) is 6.59. The first-order valence-electron chi connectivity index (χ1n) is 4.43. The molecule has 0 aliphatic carbocycles. The van der Waals surface area contributed by atoms with Gasteiger partial charge in [0.05, 0.1) is 0 Å². The van der Waals surface area contributed by atoms with Crippen molar-refractivity contribution in [2.24, 2.45) is 0 Å². The van der Waals surface area contributed by atoms with E-state index in [0.717, 1.165) is 23.9 Å². The van der Waals surface area contributed by atoms with Crippen molar-refractivity contribution in [2.75, 3.05) is 0 Å². The summed E-state index contributed by atoms with van der Waals surface area (Å²) >= 11 is 4.32. The van der Waals surface area contributed by atoms with Crippen LogP contribution in [0.4, 0.5) is 0 Å². The molecule has 0 aromatic heterocycles. The van der Waals surface area contributed by atoms with Gasteiger partial charge >= 0.3 is 0 Å². The van der Waals surface area contributed by atoms with Crippen LogP contribution in [0.1, 0.15) is 13.8 Å². The minimum Gasteiger partial charge on any atom is -0.419 e. The Kier molecular flexibility index (Phi) is 13.0. The molecular formula is C12H8I2O2U2-2. The predicted octanol–water partition coefficient (Wildman–Crippen LogP) is 1.35. The standard InChI is InChI=1S/C12H8I2O2.2U/c1-7(5-15)9-3-4-10(8(2)6-16)12(14)11(9)13;;/h3,6H,1-2H3;;/q-2;;/b9-7+,10-8+;;. The summed E-state index contributed by atoms with van der Waals surface area (Å²) in [6.45, 7) is 3.46. The van der Waals surface area contributed by atoms with Crippen LogP contribution in [0.25, 0.3) is 11.1 Å². The van der Waals surface area contributed by atoms with E-state index in [-0.39, 0.29) is 62.2 Å². The molecule has 0 amide bonds. The summed E-state index contributed by atoms with van der Waals surface area (Å²) in [5.41, 5.74) is 1.19. The molecule has 1 rings (SSSR count). The molecule has 2 nitrogen and oxygen atoms in total. The smallest absolute Gasteiger partial charge is 0.105 e. The normalized spacial score (nSPS) is 12.7. The van der Waals surface area contributed by atoms with Gasteiger partial charge < -0.3 is 9.59 Å². The Balaban J connectivity index is 0. The first kappa shape index (κ1) is 22.2. The molecule has 0 unspecified atom stereocenters. The van der Waals surface area contributed by atoms with Crippen LogP contribution in [0.15, 0.2) is 6.07 Å². The summed E-state index contributed by atoms with van der Waals surface area (Å²) in [6.07, 6.45) is 2.69. The molecule has 0 saturated heterocycles. The minimum atomic E-state index is 0. The maximum Gasteiger partial charge on any atom is 0.105 e. The Bertz CT molecular complexity index is 517. The minimum absolute atomic E-state index is 0. The summed E-state index contributed by atoms with van der Waals surface area (Å²) in [7, 11) is 0. The van der Waals surface area contributed by atoms with Crippen LogP contribution >= 0.6 is 45.2 Å². The fourth-order valence-electron chi connectivity index (χ4n) is 1.17.